The molecular weight excluding hydrogens is 552 g/mol. The Morgan fingerprint density at radius 3 is 1.91 bits per heavy atom. The van der Waals surface area contributed by atoms with Gasteiger partial charge in [0.1, 0.15) is 29.0 Å². The smallest absolute Gasteiger partial charge is 0.326 e. The maximum atomic E-state index is 12.2. The molecule has 3 aromatic carbocycles. The summed E-state index contributed by atoms with van der Waals surface area (Å²) >= 11 is 0. The van der Waals surface area contributed by atoms with E-state index in [4.69, 9.17) is 4.74 Å². The van der Waals surface area contributed by atoms with Crippen molar-refractivity contribution in [3.05, 3.63) is 83.4 Å². The first-order valence-electron chi connectivity index (χ1n) is 14.2. The predicted octanol–water partition coefficient (Wildman–Crippen LogP) is 4.82. The molecule has 10 heteroatoms. The van der Waals surface area contributed by atoms with E-state index >= 15 is 0 Å². The van der Waals surface area contributed by atoms with Gasteiger partial charge in [-0.25, -0.2) is 4.79 Å². The number of carbonyl (C=O) groups excluding carboxylic acids is 2. The van der Waals surface area contributed by atoms with E-state index in [9.17, 15) is 34.8 Å². The molecule has 0 bridgehead atoms. The first-order valence-corrected chi connectivity index (χ1v) is 14.2. The number of hydrogen-bond donors (Lipinski definition) is 6. The molecule has 3 aromatic rings. The molecule has 0 aliphatic carbocycles. The van der Waals surface area contributed by atoms with E-state index < -0.39 is 17.9 Å². The van der Waals surface area contributed by atoms with Crippen LogP contribution in [0.15, 0.2) is 66.7 Å². The van der Waals surface area contributed by atoms with Gasteiger partial charge in [0.25, 0.3) is 0 Å². The van der Waals surface area contributed by atoms with Gasteiger partial charge in [-0.1, -0.05) is 56.3 Å². The number of carboxylic acids is 1. The predicted molar refractivity (Wildman–Crippen MR) is 164 cm³/mol. The summed E-state index contributed by atoms with van der Waals surface area (Å²) in [6.45, 7) is 8.64. The van der Waals surface area contributed by atoms with Crippen molar-refractivity contribution >= 4 is 17.8 Å². The maximum Gasteiger partial charge on any atom is 0.326 e. The third-order valence-electron chi connectivity index (χ3n) is 6.66. The van der Waals surface area contributed by atoms with Crippen molar-refractivity contribution in [1.29, 1.82) is 0 Å². The number of ether oxygens (including phenoxy) is 1. The maximum absolute atomic E-state index is 12.2. The molecule has 6 N–H and O–H groups in total. The number of phenols is 3. The van der Waals surface area contributed by atoms with E-state index in [-0.39, 0.29) is 47.8 Å². The minimum absolute atomic E-state index is 0.00159. The van der Waals surface area contributed by atoms with Crippen LogP contribution in [0.3, 0.4) is 0 Å². The Bertz CT molecular complexity index is 1350. The second-order valence-corrected chi connectivity index (χ2v) is 10.2. The highest BCUT2D eigenvalue weighted by Crippen LogP contribution is 2.32. The zero-order valence-electron chi connectivity index (χ0n) is 25.0. The fraction of sp³-hybridized carbons (Fsp3) is 0.364. The molecule has 0 fully saturated rings. The quantitative estimate of drug-likeness (QED) is 0.164. The van der Waals surface area contributed by atoms with Gasteiger partial charge in [-0.15, -0.1) is 0 Å². The van der Waals surface area contributed by atoms with Crippen LogP contribution in [-0.2, 0) is 20.8 Å². The second-order valence-electron chi connectivity index (χ2n) is 10.2. The van der Waals surface area contributed by atoms with Crippen LogP contribution in [-0.4, -0.2) is 57.4 Å². The summed E-state index contributed by atoms with van der Waals surface area (Å²) in [5.74, 6) is -1.20. The summed E-state index contributed by atoms with van der Waals surface area (Å²) in [4.78, 5) is 35.1. The van der Waals surface area contributed by atoms with Crippen molar-refractivity contribution in [2.45, 2.75) is 64.8 Å². The Kier molecular flexibility index (Phi) is 13.9. The highest BCUT2D eigenvalue weighted by atomic mass is 16.5. The van der Waals surface area contributed by atoms with E-state index in [1.54, 1.807) is 31.2 Å². The number of hydrogen-bond acceptors (Lipinski definition) is 7. The highest BCUT2D eigenvalue weighted by Gasteiger charge is 2.22. The lowest BCUT2D eigenvalue weighted by atomic mass is 9.96. The van der Waals surface area contributed by atoms with Crippen LogP contribution >= 0.6 is 0 Å². The molecule has 232 valence electrons. The number of nitrogens with one attached hydrogen (secondary N) is 2. The van der Waals surface area contributed by atoms with Crippen LogP contribution in [0.25, 0.3) is 0 Å². The average Bonchev–Trinajstić information content (AvgIpc) is 2.93. The van der Waals surface area contributed by atoms with Crippen LogP contribution in [0.4, 0.5) is 0 Å². The summed E-state index contributed by atoms with van der Waals surface area (Å²) in [6, 6.07) is 17.4. The van der Waals surface area contributed by atoms with Gasteiger partial charge in [0.2, 0.25) is 11.8 Å². The normalized spacial score (nSPS) is 12.6. The number of amides is 2. The van der Waals surface area contributed by atoms with Gasteiger partial charge in [0.05, 0.1) is 6.61 Å². The van der Waals surface area contributed by atoms with Gasteiger partial charge in [-0.3, -0.25) is 9.59 Å². The summed E-state index contributed by atoms with van der Waals surface area (Å²) in [5, 5.41) is 43.7. The van der Waals surface area contributed by atoms with Gasteiger partial charge in [0.15, 0.2) is 0 Å². The number of phenolic OH excluding ortho intramolecular Hbond substituents is 3. The molecular formula is C33H42N2O8. The van der Waals surface area contributed by atoms with Crippen molar-refractivity contribution in [1.82, 2.24) is 10.6 Å². The minimum atomic E-state index is -1.10. The Morgan fingerprint density at radius 1 is 0.791 bits per heavy atom. The number of rotatable bonds is 13. The molecule has 43 heavy (non-hydrogen) atoms. The molecule has 2 unspecified atom stereocenters. The molecule has 0 heterocycles. The van der Waals surface area contributed by atoms with Crippen molar-refractivity contribution in [2.24, 2.45) is 0 Å². The largest absolute Gasteiger partial charge is 0.508 e. The lowest BCUT2D eigenvalue weighted by Crippen LogP contribution is -2.42. The lowest BCUT2D eigenvalue weighted by molar-refractivity contribution is -0.141. The van der Waals surface area contributed by atoms with Gasteiger partial charge < -0.3 is 35.8 Å². The zero-order valence-corrected chi connectivity index (χ0v) is 25.0. The van der Waals surface area contributed by atoms with E-state index in [1.807, 2.05) is 51.1 Å². The first-order chi connectivity index (χ1) is 20.4. The lowest BCUT2D eigenvalue weighted by Gasteiger charge is -2.17. The van der Waals surface area contributed by atoms with Crippen LogP contribution < -0.4 is 15.4 Å². The fourth-order valence-electron chi connectivity index (χ4n) is 4.49. The average molecular weight is 595 g/mol. The molecule has 0 aliphatic rings. The number of aromatic hydroxyl groups is 3. The van der Waals surface area contributed by atoms with Gasteiger partial charge in [-0.05, 0) is 54.5 Å². The SMILES string of the molecule is CC(CC(=O)N[C@H](Cc1ccccc1)C(=O)O)c1ccc(O)cc1O.CCNC(=O)CC(C)c1ccc(OCC)cc1O. The number of aliphatic carboxylic acids is 1. The Labute approximate surface area is 252 Å². The molecule has 3 atom stereocenters. The van der Waals surface area contributed by atoms with Crippen molar-refractivity contribution < 1.29 is 39.5 Å². The first kappa shape index (κ1) is 34.5. The summed E-state index contributed by atoms with van der Waals surface area (Å²) in [6.07, 6.45) is 0.590. The molecule has 0 spiro atoms. The third-order valence-corrected chi connectivity index (χ3v) is 6.66. The standard InChI is InChI=1S/C19H21NO5.C14H21NO3/c1-12(15-8-7-14(21)11-17(15)22)9-18(23)20-16(19(24)25)10-13-5-3-2-4-6-13;1-4-15-14(17)8-10(3)12-7-6-11(18-5-2)9-13(12)16/h2-8,11-12,16,21-22H,9-10H2,1H3,(H,20,23)(H,24,25);6-7,9-10,16H,4-5,8H2,1-3H3,(H,15,17)/t12?,16-;/m1./s1. The minimum Gasteiger partial charge on any atom is -0.508 e. The topological polar surface area (TPSA) is 165 Å². The number of carbonyl (C=O) groups is 3. The van der Waals surface area contributed by atoms with Crippen molar-refractivity contribution in [3.63, 3.8) is 0 Å². The Morgan fingerprint density at radius 2 is 1.37 bits per heavy atom. The molecule has 0 radical (unpaired) electrons. The van der Waals surface area contributed by atoms with E-state index in [0.29, 0.717) is 30.9 Å². The Hall–Kier alpha value is -4.73. The number of benzene rings is 3. The van der Waals surface area contributed by atoms with Crippen LogP contribution in [0.1, 0.15) is 69.1 Å². The number of carboxylic acid groups (broad SMARTS) is 1. The zero-order chi connectivity index (χ0) is 31.9. The summed E-state index contributed by atoms with van der Waals surface area (Å²) < 4.78 is 5.30. The van der Waals surface area contributed by atoms with Gasteiger partial charge in [0, 0.05) is 37.9 Å². The second kappa shape index (κ2) is 17.3. The molecule has 0 aliphatic heterocycles. The summed E-state index contributed by atoms with van der Waals surface area (Å²) in [7, 11) is 0. The molecule has 0 saturated heterocycles. The fourth-order valence-corrected chi connectivity index (χ4v) is 4.49. The molecule has 3 rings (SSSR count). The monoisotopic (exact) mass is 594 g/mol. The summed E-state index contributed by atoms with van der Waals surface area (Å²) in [5.41, 5.74) is 2.10. The van der Waals surface area contributed by atoms with Crippen LogP contribution in [0.5, 0.6) is 23.0 Å². The van der Waals surface area contributed by atoms with E-state index in [0.717, 1.165) is 11.1 Å². The Balaban J connectivity index is 0.000000317. The van der Waals surface area contributed by atoms with Gasteiger partial charge >= 0.3 is 5.97 Å². The van der Waals surface area contributed by atoms with Crippen LogP contribution in [0, 0.1) is 0 Å². The molecule has 2 amide bonds. The highest BCUT2D eigenvalue weighted by molar-refractivity contribution is 5.84. The molecule has 10 nitrogen and oxygen atoms in total. The van der Waals surface area contributed by atoms with Crippen LogP contribution in [0.2, 0.25) is 0 Å². The molecule has 0 saturated carbocycles. The van der Waals surface area contributed by atoms with Gasteiger partial charge in [-0.2, -0.15) is 0 Å². The third kappa shape index (κ3) is 11.6. The van der Waals surface area contributed by atoms with E-state index in [1.165, 1.54) is 12.1 Å². The van der Waals surface area contributed by atoms with E-state index in [2.05, 4.69) is 10.6 Å². The molecule has 0 aromatic heterocycles. The van der Waals surface area contributed by atoms with Crippen molar-refractivity contribution in [2.75, 3.05) is 13.2 Å². The van der Waals surface area contributed by atoms with Crippen molar-refractivity contribution in [3.8, 4) is 23.0 Å².